The molecular formula is C22H28N2O3. The molecule has 2 aromatic rings. The summed E-state index contributed by atoms with van der Waals surface area (Å²) in [7, 11) is 3.19. The summed E-state index contributed by atoms with van der Waals surface area (Å²) in [5, 5.41) is 3.03. The minimum atomic E-state index is -0.0735. The second-order valence-corrected chi connectivity index (χ2v) is 6.97. The van der Waals surface area contributed by atoms with Crippen molar-refractivity contribution in [2.45, 2.75) is 38.6 Å². The number of methoxy groups -OCH3 is 2. The van der Waals surface area contributed by atoms with Crippen LogP contribution in [0.2, 0.25) is 0 Å². The van der Waals surface area contributed by atoms with Crippen LogP contribution in [0.25, 0.3) is 0 Å². The summed E-state index contributed by atoms with van der Waals surface area (Å²) in [6, 6.07) is 13.9. The van der Waals surface area contributed by atoms with Gasteiger partial charge in [-0.25, -0.2) is 4.79 Å². The smallest absolute Gasteiger partial charge is 0.322 e. The third-order valence-corrected chi connectivity index (χ3v) is 5.08. The van der Waals surface area contributed by atoms with Gasteiger partial charge in [-0.2, -0.15) is 0 Å². The van der Waals surface area contributed by atoms with Crippen LogP contribution in [-0.2, 0) is 0 Å². The molecule has 1 atom stereocenters. The SMILES string of the molecule is COc1ccc(NC(=O)N2CCCCC[C@@H]2c2cccc(C)c2)cc1OC. The van der Waals surface area contributed by atoms with Crippen LogP contribution in [0.15, 0.2) is 42.5 Å². The van der Waals surface area contributed by atoms with Crippen molar-refractivity contribution in [3.63, 3.8) is 0 Å². The van der Waals surface area contributed by atoms with E-state index in [-0.39, 0.29) is 12.1 Å². The number of carbonyl (C=O) groups excluding carboxylic acids is 1. The fraction of sp³-hybridized carbons (Fsp3) is 0.409. The molecule has 5 nitrogen and oxygen atoms in total. The molecule has 0 spiro atoms. The van der Waals surface area contributed by atoms with Crippen molar-refractivity contribution in [3.05, 3.63) is 53.6 Å². The molecule has 1 saturated heterocycles. The lowest BCUT2D eigenvalue weighted by Gasteiger charge is -2.31. The summed E-state index contributed by atoms with van der Waals surface area (Å²) in [4.78, 5) is 15.1. The molecular weight excluding hydrogens is 340 g/mol. The topological polar surface area (TPSA) is 50.8 Å². The number of hydrogen-bond acceptors (Lipinski definition) is 3. The minimum absolute atomic E-state index is 0.0735. The van der Waals surface area contributed by atoms with Gasteiger partial charge in [-0.15, -0.1) is 0 Å². The fourth-order valence-electron chi connectivity index (χ4n) is 3.68. The molecule has 0 saturated carbocycles. The first-order valence-corrected chi connectivity index (χ1v) is 9.48. The van der Waals surface area contributed by atoms with Crippen molar-refractivity contribution in [3.8, 4) is 11.5 Å². The highest BCUT2D eigenvalue weighted by Gasteiger charge is 2.27. The molecule has 0 bridgehead atoms. The molecule has 1 fully saturated rings. The van der Waals surface area contributed by atoms with E-state index in [1.54, 1.807) is 26.4 Å². The van der Waals surface area contributed by atoms with Crippen molar-refractivity contribution < 1.29 is 14.3 Å². The molecule has 0 radical (unpaired) electrons. The molecule has 2 aromatic carbocycles. The Labute approximate surface area is 161 Å². The number of anilines is 1. The molecule has 0 aliphatic carbocycles. The van der Waals surface area contributed by atoms with Crippen LogP contribution in [-0.4, -0.2) is 31.7 Å². The summed E-state index contributed by atoms with van der Waals surface area (Å²) >= 11 is 0. The first-order chi connectivity index (χ1) is 13.1. The highest BCUT2D eigenvalue weighted by Crippen LogP contribution is 2.33. The van der Waals surface area contributed by atoms with Gasteiger partial charge in [0.2, 0.25) is 0 Å². The van der Waals surface area contributed by atoms with Crippen LogP contribution in [0.4, 0.5) is 10.5 Å². The third kappa shape index (κ3) is 4.54. The van der Waals surface area contributed by atoms with Crippen molar-refractivity contribution in [1.29, 1.82) is 0 Å². The Bertz CT molecular complexity index is 791. The third-order valence-electron chi connectivity index (χ3n) is 5.08. The number of aryl methyl sites for hydroxylation is 1. The highest BCUT2D eigenvalue weighted by atomic mass is 16.5. The van der Waals surface area contributed by atoms with E-state index in [1.165, 1.54) is 11.1 Å². The lowest BCUT2D eigenvalue weighted by molar-refractivity contribution is 0.189. The van der Waals surface area contributed by atoms with Crippen LogP contribution in [0.5, 0.6) is 11.5 Å². The van der Waals surface area contributed by atoms with E-state index in [1.807, 2.05) is 11.0 Å². The zero-order valence-corrected chi connectivity index (χ0v) is 16.3. The minimum Gasteiger partial charge on any atom is -0.493 e. The summed E-state index contributed by atoms with van der Waals surface area (Å²) in [5.41, 5.74) is 3.13. The molecule has 144 valence electrons. The van der Waals surface area contributed by atoms with Crippen LogP contribution in [0, 0.1) is 6.92 Å². The first kappa shape index (κ1) is 19.1. The normalized spacial score (nSPS) is 17.1. The second-order valence-electron chi connectivity index (χ2n) is 6.97. The maximum absolute atomic E-state index is 13.1. The number of carbonyl (C=O) groups is 1. The number of rotatable bonds is 4. The van der Waals surface area contributed by atoms with Gasteiger partial charge < -0.3 is 19.7 Å². The molecule has 27 heavy (non-hydrogen) atoms. The largest absolute Gasteiger partial charge is 0.493 e. The van der Waals surface area contributed by atoms with Crippen LogP contribution < -0.4 is 14.8 Å². The van der Waals surface area contributed by atoms with Gasteiger partial charge in [0.25, 0.3) is 0 Å². The van der Waals surface area contributed by atoms with Crippen molar-refractivity contribution in [1.82, 2.24) is 4.90 Å². The molecule has 0 aromatic heterocycles. The van der Waals surface area contributed by atoms with Crippen LogP contribution in [0.3, 0.4) is 0 Å². The van der Waals surface area contributed by atoms with Crippen molar-refractivity contribution >= 4 is 11.7 Å². The number of ether oxygens (including phenoxy) is 2. The molecule has 5 heteroatoms. The summed E-state index contributed by atoms with van der Waals surface area (Å²) in [5.74, 6) is 1.24. The number of benzene rings is 2. The number of nitrogens with one attached hydrogen (secondary N) is 1. The maximum Gasteiger partial charge on any atom is 0.322 e. The molecule has 2 amide bonds. The summed E-state index contributed by atoms with van der Waals surface area (Å²) in [6.07, 6.45) is 4.31. The number of urea groups is 1. The number of amides is 2. The Morgan fingerprint density at radius 2 is 1.85 bits per heavy atom. The molecule has 3 rings (SSSR count). The maximum atomic E-state index is 13.1. The Hall–Kier alpha value is -2.69. The lowest BCUT2D eigenvalue weighted by atomic mass is 9.99. The fourth-order valence-corrected chi connectivity index (χ4v) is 3.68. The van der Waals surface area contributed by atoms with Crippen molar-refractivity contribution in [2.24, 2.45) is 0 Å². The van der Waals surface area contributed by atoms with Gasteiger partial charge in [0, 0.05) is 18.3 Å². The average molecular weight is 368 g/mol. The van der Waals surface area contributed by atoms with Crippen LogP contribution >= 0.6 is 0 Å². The Kier molecular flexibility index (Phi) is 6.22. The second kappa shape index (κ2) is 8.80. The Morgan fingerprint density at radius 1 is 1.04 bits per heavy atom. The zero-order chi connectivity index (χ0) is 19.2. The van der Waals surface area contributed by atoms with Gasteiger partial charge in [0.05, 0.1) is 20.3 Å². The van der Waals surface area contributed by atoms with Gasteiger partial charge in [0.15, 0.2) is 11.5 Å². The molecule has 1 aliphatic rings. The van der Waals surface area contributed by atoms with Gasteiger partial charge in [-0.3, -0.25) is 0 Å². The van der Waals surface area contributed by atoms with E-state index in [2.05, 4.69) is 36.5 Å². The highest BCUT2D eigenvalue weighted by molar-refractivity contribution is 5.90. The predicted molar refractivity (Wildman–Crippen MR) is 108 cm³/mol. The number of hydrogen-bond donors (Lipinski definition) is 1. The standard InChI is InChI=1S/C22H28N2O3/c1-16-8-7-9-17(14-16)19-10-5-4-6-13-24(19)22(25)23-18-11-12-20(26-2)21(15-18)27-3/h7-9,11-12,14-15,19H,4-6,10,13H2,1-3H3,(H,23,25)/t19-/m1/s1. The van der Waals surface area contributed by atoms with Crippen molar-refractivity contribution in [2.75, 3.05) is 26.1 Å². The summed E-state index contributed by atoms with van der Waals surface area (Å²) in [6.45, 7) is 2.85. The van der Waals surface area contributed by atoms with Gasteiger partial charge >= 0.3 is 6.03 Å². The Morgan fingerprint density at radius 3 is 2.59 bits per heavy atom. The number of nitrogens with zero attached hydrogens (tertiary/aromatic N) is 1. The van der Waals surface area contributed by atoms with E-state index < -0.39 is 0 Å². The van der Waals surface area contributed by atoms with E-state index in [0.29, 0.717) is 17.2 Å². The summed E-state index contributed by atoms with van der Waals surface area (Å²) < 4.78 is 10.6. The van der Waals surface area contributed by atoms with E-state index >= 15 is 0 Å². The van der Waals surface area contributed by atoms with E-state index in [4.69, 9.17) is 9.47 Å². The molecule has 0 unspecified atom stereocenters. The molecule has 1 N–H and O–H groups in total. The molecule has 1 aliphatic heterocycles. The number of likely N-dealkylation sites (tertiary alicyclic amines) is 1. The predicted octanol–water partition coefficient (Wildman–Crippen LogP) is 5.16. The lowest BCUT2D eigenvalue weighted by Crippen LogP contribution is -2.38. The zero-order valence-electron chi connectivity index (χ0n) is 16.3. The first-order valence-electron chi connectivity index (χ1n) is 9.48. The quantitative estimate of drug-likeness (QED) is 0.811. The van der Waals surface area contributed by atoms with E-state index in [0.717, 1.165) is 32.2 Å². The Balaban J connectivity index is 1.82. The van der Waals surface area contributed by atoms with Gasteiger partial charge in [-0.05, 0) is 37.5 Å². The molecule has 1 heterocycles. The average Bonchev–Trinajstić information content (AvgIpc) is 2.94. The van der Waals surface area contributed by atoms with Gasteiger partial charge in [-0.1, -0.05) is 42.7 Å². The monoisotopic (exact) mass is 368 g/mol. The van der Waals surface area contributed by atoms with Crippen LogP contribution in [0.1, 0.15) is 42.9 Å². The van der Waals surface area contributed by atoms with E-state index in [9.17, 15) is 4.79 Å². The van der Waals surface area contributed by atoms with Gasteiger partial charge in [0.1, 0.15) is 0 Å².